The van der Waals surface area contributed by atoms with Gasteiger partial charge in [0.2, 0.25) is 5.91 Å². The second-order valence-corrected chi connectivity index (χ2v) is 7.87. The van der Waals surface area contributed by atoms with Crippen LogP contribution in [0.5, 0.6) is 0 Å². The molecule has 1 aromatic heterocycles. The molecule has 0 radical (unpaired) electrons. The van der Waals surface area contributed by atoms with Crippen molar-refractivity contribution in [1.82, 2.24) is 9.88 Å². The van der Waals surface area contributed by atoms with Gasteiger partial charge in [-0.25, -0.2) is 0 Å². The summed E-state index contributed by atoms with van der Waals surface area (Å²) in [7, 11) is 0. The van der Waals surface area contributed by atoms with Crippen LogP contribution >= 0.6 is 11.6 Å². The molecule has 1 aliphatic carbocycles. The van der Waals surface area contributed by atoms with Crippen molar-refractivity contribution in [2.75, 3.05) is 0 Å². The molecule has 1 amide bonds. The van der Waals surface area contributed by atoms with Gasteiger partial charge in [-0.2, -0.15) is 5.26 Å². The lowest BCUT2D eigenvalue weighted by Gasteiger charge is -2.30. The summed E-state index contributed by atoms with van der Waals surface area (Å²) in [5, 5.41) is 9.90. The Balaban J connectivity index is 1.78. The highest BCUT2D eigenvalue weighted by atomic mass is 35.5. The van der Waals surface area contributed by atoms with Crippen LogP contribution in [0.25, 0.3) is 0 Å². The largest absolute Gasteiger partial charge is 0.333 e. The van der Waals surface area contributed by atoms with Crippen molar-refractivity contribution >= 4 is 17.5 Å². The fourth-order valence-corrected chi connectivity index (χ4v) is 3.90. The topological polar surface area (TPSA) is 77.0 Å². The molecule has 3 rings (SSSR count). The summed E-state index contributed by atoms with van der Waals surface area (Å²) in [6.45, 7) is 5.63. The lowest BCUT2D eigenvalue weighted by Crippen LogP contribution is -2.35. The number of aromatic amines is 1. The van der Waals surface area contributed by atoms with Gasteiger partial charge >= 0.3 is 0 Å². The SMILES string of the molecule is Cc1[nH]c(=O)c(C#N)c(C)c1CCC(=O)N(C1CC1)C(C)c1ccc(Cl)cc1. The van der Waals surface area contributed by atoms with Crippen LogP contribution in [0.4, 0.5) is 0 Å². The molecule has 1 fully saturated rings. The summed E-state index contributed by atoms with van der Waals surface area (Å²) in [5.74, 6) is 0.0912. The molecule has 28 heavy (non-hydrogen) atoms. The minimum absolute atomic E-state index is 0.0234. The third-order valence-corrected chi connectivity index (χ3v) is 5.76. The molecule has 1 aromatic carbocycles. The number of nitrogens with one attached hydrogen (secondary N) is 1. The average Bonchev–Trinajstić information content (AvgIpc) is 3.47. The summed E-state index contributed by atoms with van der Waals surface area (Å²) in [6.07, 6.45) is 2.89. The molecule has 1 unspecified atom stereocenters. The quantitative estimate of drug-likeness (QED) is 0.793. The fraction of sp³-hybridized carbons (Fsp3) is 0.409. The smallest absolute Gasteiger partial charge is 0.266 e. The van der Waals surface area contributed by atoms with E-state index in [1.54, 1.807) is 6.92 Å². The Labute approximate surface area is 169 Å². The Morgan fingerprint density at radius 1 is 1.32 bits per heavy atom. The van der Waals surface area contributed by atoms with Crippen LogP contribution in [0.3, 0.4) is 0 Å². The van der Waals surface area contributed by atoms with Crippen molar-refractivity contribution in [3.8, 4) is 6.07 Å². The molecule has 5 nitrogen and oxygen atoms in total. The highest BCUT2D eigenvalue weighted by Gasteiger charge is 2.36. The fourth-order valence-electron chi connectivity index (χ4n) is 3.77. The summed E-state index contributed by atoms with van der Waals surface area (Å²) < 4.78 is 0. The number of carbonyl (C=O) groups excluding carboxylic acids is 1. The molecule has 1 saturated carbocycles. The van der Waals surface area contributed by atoms with Gasteiger partial charge in [0.15, 0.2) is 0 Å². The first kappa shape index (κ1) is 20.2. The number of nitriles is 1. The number of hydrogen-bond donors (Lipinski definition) is 1. The molecular formula is C22H24ClN3O2. The Morgan fingerprint density at radius 2 is 1.96 bits per heavy atom. The molecular weight excluding hydrogens is 374 g/mol. The third-order valence-electron chi connectivity index (χ3n) is 5.51. The van der Waals surface area contributed by atoms with E-state index in [1.165, 1.54) is 0 Å². The minimum atomic E-state index is -0.372. The van der Waals surface area contributed by atoms with Crippen molar-refractivity contribution < 1.29 is 4.79 Å². The number of H-pyrrole nitrogens is 1. The highest BCUT2D eigenvalue weighted by molar-refractivity contribution is 6.30. The monoisotopic (exact) mass is 397 g/mol. The van der Waals surface area contributed by atoms with Crippen LogP contribution in [-0.4, -0.2) is 21.8 Å². The zero-order valence-corrected chi connectivity index (χ0v) is 17.1. The first-order valence-electron chi connectivity index (χ1n) is 9.52. The molecule has 1 heterocycles. The third kappa shape index (κ3) is 4.13. The van der Waals surface area contributed by atoms with E-state index in [0.717, 1.165) is 29.7 Å². The van der Waals surface area contributed by atoms with Crippen molar-refractivity contribution in [3.05, 3.63) is 67.6 Å². The average molecular weight is 398 g/mol. The van der Waals surface area contributed by atoms with E-state index in [9.17, 15) is 14.9 Å². The van der Waals surface area contributed by atoms with Crippen molar-refractivity contribution in [2.45, 2.75) is 58.5 Å². The summed E-state index contributed by atoms with van der Waals surface area (Å²) in [5.41, 5.74) is 3.08. The number of aryl methyl sites for hydroxylation is 1. The van der Waals surface area contributed by atoms with E-state index >= 15 is 0 Å². The summed E-state index contributed by atoms with van der Waals surface area (Å²) in [6, 6.07) is 9.84. The number of benzene rings is 1. The van der Waals surface area contributed by atoms with E-state index in [2.05, 4.69) is 4.98 Å². The van der Waals surface area contributed by atoms with Gasteiger partial charge in [0.25, 0.3) is 5.56 Å². The van der Waals surface area contributed by atoms with Gasteiger partial charge in [0.1, 0.15) is 11.6 Å². The van der Waals surface area contributed by atoms with Gasteiger partial charge in [0, 0.05) is 23.2 Å². The van der Waals surface area contributed by atoms with Gasteiger partial charge in [-0.1, -0.05) is 23.7 Å². The summed E-state index contributed by atoms with van der Waals surface area (Å²) >= 11 is 5.99. The molecule has 1 N–H and O–H groups in total. The van der Waals surface area contributed by atoms with Crippen molar-refractivity contribution in [2.24, 2.45) is 0 Å². The maximum atomic E-state index is 13.1. The van der Waals surface area contributed by atoms with Gasteiger partial charge in [-0.05, 0) is 68.9 Å². The van der Waals surface area contributed by atoms with Crippen molar-refractivity contribution in [3.63, 3.8) is 0 Å². The second-order valence-electron chi connectivity index (χ2n) is 7.43. The number of hydrogen-bond acceptors (Lipinski definition) is 3. The zero-order chi connectivity index (χ0) is 20.4. The van der Waals surface area contributed by atoms with E-state index in [4.69, 9.17) is 11.6 Å². The Hall–Kier alpha value is -2.58. The van der Waals surface area contributed by atoms with Gasteiger partial charge in [-0.15, -0.1) is 0 Å². The van der Waals surface area contributed by atoms with E-state index in [0.29, 0.717) is 23.4 Å². The standard InChI is InChI=1S/C22H24ClN3O2/c1-13-19(14(2)25-22(28)20(13)12-24)10-11-21(27)26(18-8-9-18)15(3)16-4-6-17(23)7-5-16/h4-7,15,18H,8-11H2,1-3H3,(H,25,28). The predicted octanol–water partition coefficient (Wildman–Crippen LogP) is 4.20. The molecule has 1 aliphatic rings. The molecule has 0 spiro atoms. The minimum Gasteiger partial charge on any atom is -0.333 e. The van der Waals surface area contributed by atoms with E-state index in [1.807, 2.05) is 49.1 Å². The van der Waals surface area contributed by atoms with E-state index in [-0.39, 0.29) is 29.1 Å². The molecule has 0 bridgehead atoms. The molecule has 6 heteroatoms. The molecule has 146 valence electrons. The molecule has 0 aliphatic heterocycles. The Bertz CT molecular complexity index is 985. The number of halogens is 1. The van der Waals surface area contributed by atoms with Crippen LogP contribution in [-0.2, 0) is 11.2 Å². The highest BCUT2D eigenvalue weighted by Crippen LogP contribution is 2.35. The van der Waals surface area contributed by atoms with Crippen LogP contribution in [0.1, 0.15) is 60.2 Å². The zero-order valence-electron chi connectivity index (χ0n) is 16.4. The number of carbonyl (C=O) groups is 1. The molecule has 2 aromatic rings. The number of rotatable bonds is 6. The number of aromatic nitrogens is 1. The first-order valence-corrected chi connectivity index (χ1v) is 9.90. The second kappa shape index (κ2) is 8.20. The lowest BCUT2D eigenvalue weighted by molar-refractivity contribution is -0.134. The van der Waals surface area contributed by atoms with Gasteiger partial charge in [-0.3, -0.25) is 9.59 Å². The van der Waals surface area contributed by atoms with Crippen LogP contribution in [0.15, 0.2) is 29.1 Å². The number of nitrogens with zero attached hydrogens (tertiary/aromatic N) is 2. The maximum absolute atomic E-state index is 13.1. The van der Waals surface area contributed by atoms with Gasteiger partial charge < -0.3 is 9.88 Å². The predicted molar refractivity (Wildman–Crippen MR) is 109 cm³/mol. The van der Waals surface area contributed by atoms with Crippen LogP contribution in [0, 0.1) is 25.2 Å². The Kier molecular flexibility index (Phi) is 5.90. The van der Waals surface area contributed by atoms with Crippen molar-refractivity contribution in [1.29, 1.82) is 5.26 Å². The number of amides is 1. The first-order chi connectivity index (χ1) is 13.3. The van der Waals surface area contributed by atoms with Crippen LogP contribution in [0.2, 0.25) is 5.02 Å². The molecule has 0 saturated heterocycles. The molecule has 1 atom stereocenters. The number of pyridine rings is 1. The maximum Gasteiger partial charge on any atom is 0.266 e. The summed E-state index contributed by atoms with van der Waals surface area (Å²) in [4.78, 5) is 29.7. The normalized spacial score (nSPS) is 14.4. The Morgan fingerprint density at radius 3 is 2.54 bits per heavy atom. The van der Waals surface area contributed by atoms with Gasteiger partial charge in [0.05, 0.1) is 6.04 Å². The lowest BCUT2D eigenvalue weighted by atomic mass is 9.98. The van der Waals surface area contributed by atoms with E-state index < -0.39 is 0 Å². The van der Waals surface area contributed by atoms with Crippen LogP contribution < -0.4 is 5.56 Å².